The molecule has 112 valence electrons. The molecule has 0 fully saturated rings. The maximum Gasteiger partial charge on any atom is 0.0790 e. The number of nitrogens with zero attached hydrogens (tertiary/aromatic N) is 1. The van der Waals surface area contributed by atoms with Crippen molar-refractivity contribution in [3.63, 3.8) is 0 Å². The lowest BCUT2D eigenvalue weighted by Gasteiger charge is -2.07. The van der Waals surface area contributed by atoms with Crippen LogP contribution < -0.4 is 0 Å². The predicted octanol–water partition coefficient (Wildman–Crippen LogP) is 5.09. The Morgan fingerprint density at radius 2 is 1.30 bits per heavy atom. The summed E-state index contributed by atoms with van der Waals surface area (Å²) < 4.78 is 0. The summed E-state index contributed by atoms with van der Waals surface area (Å²) >= 11 is 0. The molecule has 2 nitrogen and oxygen atoms in total. The van der Waals surface area contributed by atoms with Crippen LogP contribution in [0.1, 0.15) is 5.56 Å². The zero-order chi connectivity index (χ0) is 16.1. The minimum absolute atomic E-state index is 0.428. The fourth-order valence-electron chi connectivity index (χ4n) is 2.55. The van der Waals surface area contributed by atoms with Crippen molar-refractivity contribution in [3.05, 3.63) is 84.4 Å². The van der Waals surface area contributed by atoms with Gasteiger partial charge in [-0.15, -0.1) is 0 Å². The number of benzene rings is 3. The van der Waals surface area contributed by atoms with Crippen molar-refractivity contribution >= 4 is 11.9 Å². The first-order valence-corrected chi connectivity index (χ1v) is 7.55. The molecule has 0 aliphatic carbocycles. The Morgan fingerprint density at radius 1 is 0.739 bits per heavy atom. The van der Waals surface area contributed by atoms with Crippen molar-refractivity contribution in [2.24, 2.45) is 4.99 Å². The summed E-state index contributed by atoms with van der Waals surface area (Å²) in [5.74, 6) is 0. The normalized spacial score (nSPS) is 10.8. The van der Waals surface area contributed by atoms with Crippen LogP contribution in [0.3, 0.4) is 0 Å². The highest BCUT2D eigenvalue weighted by Crippen LogP contribution is 2.26. The van der Waals surface area contributed by atoms with Gasteiger partial charge in [-0.25, -0.2) is 0 Å². The Labute approximate surface area is 136 Å². The van der Waals surface area contributed by atoms with E-state index in [9.17, 15) is 0 Å². The summed E-state index contributed by atoms with van der Waals surface area (Å²) in [7, 11) is 1.68. The predicted molar refractivity (Wildman–Crippen MR) is 98.6 cm³/mol. The monoisotopic (exact) mass is 298 g/mol. The number of hydrogen-bond acceptors (Lipinski definition) is 2. The molecule has 3 aromatic carbocycles. The third-order valence-corrected chi connectivity index (χ3v) is 3.76. The van der Waals surface area contributed by atoms with E-state index in [-0.39, 0.29) is 0 Å². The molecular weight excluding hydrogens is 280 g/mol. The van der Waals surface area contributed by atoms with E-state index in [1.807, 2.05) is 18.2 Å². The maximum atomic E-state index is 7.90. The van der Waals surface area contributed by atoms with Crippen LogP contribution in [0.2, 0.25) is 0 Å². The van der Waals surface area contributed by atoms with E-state index in [0.29, 0.717) is 5.71 Å². The molecule has 0 heterocycles. The lowest BCUT2D eigenvalue weighted by atomic mass is 9.98. The molecule has 0 amide bonds. The smallest absolute Gasteiger partial charge is 0.0790 e. The average molecular weight is 298 g/mol. The third-order valence-electron chi connectivity index (χ3n) is 3.76. The van der Waals surface area contributed by atoms with E-state index in [4.69, 9.17) is 5.41 Å². The summed E-state index contributed by atoms with van der Waals surface area (Å²) in [6.07, 6.45) is 1.56. The van der Waals surface area contributed by atoms with Crippen LogP contribution in [-0.2, 0) is 0 Å². The molecule has 0 saturated heterocycles. The minimum atomic E-state index is 0.428. The minimum Gasteiger partial charge on any atom is -0.299 e. The van der Waals surface area contributed by atoms with Crippen LogP contribution in [0.15, 0.2) is 83.9 Å². The van der Waals surface area contributed by atoms with Crippen molar-refractivity contribution in [3.8, 4) is 22.3 Å². The molecule has 0 radical (unpaired) electrons. The van der Waals surface area contributed by atoms with Crippen LogP contribution in [0.4, 0.5) is 0 Å². The average Bonchev–Trinajstić information content (AvgIpc) is 2.63. The highest BCUT2D eigenvalue weighted by atomic mass is 14.7. The van der Waals surface area contributed by atoms with Gasteiger partial charge in [0.25, 0.3) is 0 Å². The lowest BCUT2D eigenvalue weighted by Crippen LogP contribution is -1.99. The second-order valence-electron chi connectivity index (χ2n) is 5.33. The first-order chi connectivity index (χ1) is 11.3. The van der Waals surface area contributed by atoms with Crippen molar-refractivity contribution in [2.45, 2.75) is 0 Å². The molecule has 0 unspecified atom stereocenters. The molecule has 0 aliphatic rings. The van der Waals surface area contributed by atoms with Crippen molar-refractivity contribution < 1.29 is 0 Å². The van der Waals surface area contributed by atoms with Gasteiger partial charge in [0, 0.05) is 18.8 Å². The van der Waals surface area contributed by atoms with Gasteiger partial charge in [0.05, 0.1) is 5.71 Å². The zero-order valence-electron chi connectivity index (χ0n) is 13.0. The van der Waals surface area contributed by atoms with E-state index in [0.717, 1.165) is 11.1 Å². The summed E-state index contributed by atoms with van der Waals surface area (Å²) in [5, 5.41) is 7.90. The van der Waals surface area contributed by atoms with E-state index < -0.39 is 0 Å². The SMILES string of the molecule is CN=CC(=N)c1ccc(-c2cccc(-c3ccccc3)c2)cc1. The molecule has 23 heavy (non-hydrogen) atoms. The van der Waals surface area contributed by atoms with Crippen LogP contribution in [0.5, 0.6) is 0 Å². The van der Waals surface area contributed by atoms with Gasteiger partial charge >= 0.3 is 0 Å². The summed E-state index contributed by atoms with van der Waals surface area (Å²) in [5.41, 5.74) is 6.04. The molecule has 0 aromatic heterocycles. The molecule has 0 spiro atoms. The van der Waals surface area contributed by atoms with Crippen LogP contribution in [0.25, 0.3) is 22.3 Å². The third kappa shape index (κ3) is 3.43. The van der Waals surface area contributed by atoms with Gasteiger partial charge in [0.2, 0.25) is 0 Å². The van der Waals surface area contributed by atoms with Gasteiger partial charge in [0.15, 0.2) is 0 Å². The van der Waals surface area contributed by atoms with Crippen molar-refractivity contribution in [2.75, 3.05) is 7.05 Å². The molecule has 1 N–H and O–H groups in total. The van der Waals surface area contributed by atoms with Gasteiger partial charge < -0.3 is 0 Å². The summed E-state index contributed by atoms with van der Waals surface area (Å²) in [4.78, 5) is 3.89. The van der Waals surface area contributed by atoms with E-state index in [2.05, 4.69) is 65.7 Å². The number of hydrogen-bond donors (Lipinski definition) is 1. The van der Waals surface area contributed by atoms with Crippen LogP contribution >= 0.6 is 0 Å². The summed E-state index contributed by atoms with van der Waals surface area (Å²) in [6.45, 7) is 0. The molecule has 2 heteroatoms. The number of aliphatic imine (C=N–C) groups is 1. The first kappa shape index (κ1) is 14.9. The van der Waals surface area contributed by atoms with Crippen LogP contribution in [-0.4, -0.2) is 19.0 Å². The van der Waals surface area contributed by atoms with Crippen molar-refractivity contribution in [1.29, 1.82) is 5.41 Å². The standard InChI is InChI=1S/C21H18N2/c1-23-15-21(22)18-12-10-17(11-13-18)20-9-5-8-19(14-20)16-6-3-2-4-7-16/h2-15,22H,1H3. The molecule has 0 atom stereocenters. The highest BCUT2D eigenvalue weighted by molar-refractivity contribution is 6.36. The quantitative estimate of drug-likeness (QED) is 0.651. The highest BCUT2D eigenvalue weighted by Gasteiger charge is 2.03. The molecule has 0 bridgehead atoms. The van der Waals surface area contributed by atoms with Gasteiger partial charge in [0.1, 0.15) is 0 Å². The molecule has 0 saturated carbocycles. The Balaban J connectivity index is 1.92. The van der Waals surface area contributed by atoms with Gasteiger partial charge in [-0.05, 0) is 28.3 Å². The Hall–Kier alpha value is -3.00. The molecule has 3 aromatic rings. The van der Waals surface area contributed by atoms with Gasteiger partial charge in [-0.3, -0.25) is 10.4 Å². The fourth-order valence-corrected chi connectivity index (χ4v) is 2.55. The first-order valence-electron chi connectivity index (χ1n) is 7.55. The van der Waals surface area contributed by atoms with E-state index >= 15 is 0 Å². The topological polar surface area (TPSA) is 36.2 Å². The Morgan fingerprint density at radius 3 is 1.91 bits per heavy atom. The molecular formula is C21H18N2. The largest absolute Gasteiger partial charge is 0.299 e. The zero-order valence-corrected chi connectivity index (χ0v) is 13.0. The lowest BCUT2D eigenvalue weighted by molar-refractivity contribution is 1.46. The second-order valence-corrected chi connectivity index (χ2v) is 5.33. The van der Waals surface area contributed by atoms with Crippen molar-refractivity contribution in [1.82, 2.24) is 0 Å². The van der Waals surface area contributed by atoms with Gasteiger partial charge in [-0.2, -0.15) is 0 Å². The fraction of sp³-hybridized carbons (Fsp3) is 0.0476. The number of nitrogens with one attached hydrogen (secondary N) is 1. The molecule has 3 rings (SSSR count). The van der Waals surface area contributed by atoms with Gasteiger partial charge in [-0.1, -0.05) is 72.8 Å². The number of rotatable bonds is 4. The second kappa shape index (κ2) is 6.84. The Kier molecular flexibility index (Phi) is 4.44. The Bertz CT molecular complexity index is 831. The maximum absolute atomic E-state index is 7.90. The molecule has 0 aliphatic heterocycles. The summed E-state index contributed by atoms with van der Waals surface area (Å²) in [6, 6.07) is 26.9. The van der Waals surface area contributed by atoms with E-state index in [1.165, 1.54) is 16.7 Å². The van der Waals surface area contributed by atoms with E-state index in [1.54, 1.807) is 13.3 Å². The van der Waals surface area contributed by atoms with Crippen LogP contribution in [0, 0.1) is 5.41 Å².